The molecule has 1 nitrogen and oxygen atoms in total. The molecule has 0 atom stereocenters. The molecule has 2 aromatic carbocycles. The number of Topliss-reactive ketones (excluding diaryl/α,β-unsaturated/α-hetero) is 1. The third-order valence-electron chi connectivity index (χ3n) is 2.86. The molecular formula is C15H12F2O. The molecule has 0 amide bonds. The van der Waals surface area contributed by atoms with Gasteiger partial charge < -0.3 is 0 Å². The van der Waals surface area contributed by atoms with Gasteiger partial charge in [-0.3, -0.25) is 4.79 Å². The van der Waals surface area contributed by atoms with Crippen molar-refractivity contribution in [3.63, 3.8) is 0 Å². The lowest BCUT2D eigenvalue weighted by molar-refractivity contribution is 0.101. The van der Waals surface area contributed by atoms with Crippen molar-refractivity contribution in [3.8, 4) is 11.1 Å². The minimum Gasteiger partial charge on any atom is -0.295 e. The number of halogens is 2. The second-order valence-corrected chi connectivity index (χ2v) is 4.21. The molecule has 0 bridgehead atoms. The number of hydrogen-bond acceptors (Lipinski definition) is 1. The Morgan fingerprint density at radius 2 is 1.72 bits per heavy atom. The summed E-state index contributed by atoms with van der Waals surface area (Å²) in [6.07, 6.45) is 0. The Labute approximate surface area is 104 Å². The van der Waals surface area contributed by atoms with Crippen LogP contribution in [0.15, 0.2) is 36.4 Å². The van der Waals surface area contributed by atoms with Crippen molar-refractivity contribution in [1.82, 2.24) is 0 Å². The van der Waals surface area contributed by atoms with E-state index < -0.39 is 5.82 Å². The fourth-order valence-corrected chi connectivity index (χ4v) is 1.73. The van der Waals surface area contributed by atoms with Crippen molar-refractivity contribution < 1.29 is 13.6 Å². The summed E-state index contributed by atoms with van der Waals surface area (Å²) in [6, 6.07) is 8.60. The number of hydrogen-bond donors (Lipinski definition) is 0. The molecule has 2 aromatic rings. The van der Waals surface area contributed by atoms with Crippen LogP contribution < -0.4 is 0 Å². The van der Waals surface area contributed by atoms with Gasteiger partial charge in [0.05, 0.1) is 0 Å². The zero-order chi connectivity index (χ0) is 13.3. The minimum absolute atomic E-state index is 0.149. The maximum Gasteiger partial charge on any atom is 0.159 e. The fourth-order valence-electron chi connectivity index (χ4n) is 1.73. The molecule has 0 aliphatic rings. The average molecular weight is 246 g/mol. The normalized spacial score (nSPS) is 10.4. The standard InChI is InChI=1S/C15H12F2O/c1-9-3-4-12(8-15(9)17)13-7-11(10(2)18)5-6-14(13)16/h3-8H,1-2H3. The summed E-state index contributed by atoms with van der Waals surface area (Å²) >= 11 is 0. The molecule has 0 spiro atoms. The number of rotatable bonds is 2. The van der Waals surface area contributed by atoms with E-state index in [2.05, 4.69) is 0 Å². The number of aryl methyl sites for hydroxylation is 1. The lowest BCUT2D eigenvalue weighted by atomic mass is 10.00. The molecular weight excluding hydrogens is 234 g/mol. The molecule has 0 aliphatic heterocycles. The first-order chi connectivity index (χ1) is 8.49. The van der Waals surface area contributed by atoms with E-state index >= 15 is 0 Å². The van der Waals surface area contributed by atoms with Crippen molar-refractivity contribution in [2.24, 2.45) is 0 Å². The molecule has 0 saturated heterocycles. The Kier molecular flexibility index (Phi) is 3.24. The first-order valence-electron chi connectivity index (χ1n) is 5.56. The Bertz CT molecular complexity index is 618. The van der Waals surface area contributed by atoms with Crippen LogP contribution in [0.25, 0.3) is 11.1 Å². The number of carbonyl (C=O) groups excluding carboxylic acids is 1. The van der Waals surface area contributed by atoms with E-state index in [0.717, 1.165) is 0 Å². The van der Waals surface area contributed by atoms with Gasteiger partial charge in [-0.05, 0) is 49.2 Å². The Balaban J connectivity index is 2.58. The zero-order valence-corrected chi connectivity index (χ0v) is 10.1. The smallest absolute Gasteiger partial charge is 0.159 e. The first-order valence-corrected chi connectivity index (χ1v) is 5.56. The molecule has 0 aliphatic carbocycles. The summed E-state index contributed by atoms with van der Waals surface area (Å²) < 4.78 is 27.2. The lowest BCUT2D eigenvalue weighted by Crippen LogP contribution is -1.95. The van der Waals surface area contributed by atoms with Crippen LogP contribution in [0.4, 0.5) is 8.78 Å². The van der Waals surface area contributed by atoms with E-state index in [0.29, 0.717) is 16.7 Å². The Hall–Kier alpha value is -2.03. The van der Waals surface area contributed by atoms with Crippen molar-refractivity contribution >= 4 is 5.78 Å². The number of benzene rings is 2. The highest BCUT2D eigenvalue weighted by molar-refractivity contribution is 5.95. The van der Waals surface area contributed by atoms with Gasteiger partial charge in [0.1, 0.15) is 11.6 Å². The van der Waals surface area contributed by atoms with E-state index in [9.17, 15) is 13.6 Å². The molecule has 3 heteroatoms. The largest absolute Gasteiger partial charge is 0.295 e. The van der Waals surface area contributed by atoms with Gasteiger partial charge in [-0.1, -0.05) is 12.1 Å². The Morgan fingerprint density at radius 1 is 1.00 bits per heavy atom. The monoisotopic (exact) mass is 246 g/mol. The van der Waals surface area contributed by atoms with Gasteiger partial charge in [0.25, 0.3) is 0 Å². The maximum absolute atomic E-state index is 13.7. The maximum atomic E-state index is 13.7. The number of carbonyl (C=O) groups is 1. The molecule has 0 fully saturated rings. The third kappa shape index (κ3) is 2.30. The highest BCUT2D eigenvalue weighted by Gasteiger charge is 2.10. The SMILES string of the molecule is CC(=O)c1ccc(F)c(-c2ccc(C)c(F)c2)c1. The molecule has 18 heavy (non-hydrogen) atoms. The van der Waals surface area contributed by atoms with E-state index in [1.807, 2.05) is 0 Å². The minimum atomic E-state index is -0.469. The van der Waals surface area contributed by atoms with Crippen LogP contribution in [0.5, 0.6) is 0 Å². The van der Waals surface area contributed by atoms with Crippen LogP contribution >= 0.6 is 0 Å². The van der Waals surface area contributed by atoms with Gasteiger partial charge in [0.2, 0.25) is 0 Å². The lowest BCUT2D eigenvalue weighted by Gasteiger charge is -2.06. The average Bonchev–Trinajstić information content (AvgIpc) is 2.33. The molecule has 0 radical (unpaired) electrons. The van der Waals surface area contributed by atoms with Crippen LogP contribution in [0, 0.1) is 18.6 Å². The molecule has 0 saturated carbocycles. The predicted molar refractivity (Wildman–Crippen MR) is 66.5 cm³/mol. The molecule has 0 unspecified atom stereocenters. The Morgan fingerprint density at radius 3 is 2.33 bits per heavy atom. The van der Waals surface area contributed by atoms with E-state index in [4.69, 9.17) is 0 Å². The van der Waals surface area contributed by atoms with Crippen LogP contribution in [-0.2, 0) is 0 Å². The van der Waals surface area contributed by atoms with Gasteiger partial charge in [-0.15, -0.1) is 0 Å². The molecule has 0 heterocycles. The summed E-state index contributed by atoms with van der Waals surface area (Å²) in [5.74, 6) is -1.01. The summed E-state index contributed by atoms with van der Waals surface area (Å²) in [5, 5.41) is 0. The third-order valence-corrected chi connectivity index (χ3v) is 2.86. The van der Waals surface area contributed by atoms with Crippen LogP contribution in [0.2, 0.25) is 0 Å². The van der Waals surface area contributed by atoms with E-state index in [-0.39, 0.29) is 17.2 Å². The van der Waals surface area contributed by atoms with Crippen molar-refractivity contribution in [1.29, 1.82) is 0 Å². The summed E-state index contributed by atoms with van der Waals surface area (Å²) in [5.41, 5.74) is 1.58. The highest BCUT2D eigenvalue weighted by atomic mass is 19.1. The fraction of sp³-hybridized carbons (Fsp3) is 0.133. The van der Waals surface area contributed by atoms with Gasteiger partial charge in [-0.2, -0.15) is 0 Å². The van der Waals surface area contributed by atoms with Crippen molar-refractivity contribution in [3.05, 3.63) is 59.2 Å². The van der Waals surface area contributed by atoms with Crippen LogP contribution in [0.3, 0.4) is 0 Å². The highest BCUT2D eigenvalue weighted by Crippen LogP contribution is 2.25. The van der Waals surface area contributed by atoms with Crippen molar-refractivity contribution in [2.45, 2.75) is 13.8 Å². The van der Waals surface area contributed by atoms with Crippen LogP contribution in [-0.4, -0.2) is 5.78 Å². The molecule has 0 aromatic heterocycles. The van der Waals surface area contributed by atoms with Crippen LogP contribution in [0.1, 0.15) is 22.8 Å². The van der Waals surface area contributed by atoms with Gasteiger partial charge in [0.15, 0.2) is 5.78 Å². The summed E-state index contributed by atoms with van der Waals surface area (Å²) in [4.78, 5) is 11.3. The van der Waals surface area contributed by atoms with E-state index in [1.54, 1.807) is 19.1 Å². The second kappa shape index (κ2) is 4.69. The van der Waals surface area contributed by atoms with Crippen molar-refractivity contribution in [2.75, 3.05) is 0 Å². The predicted octanol–water partition coefficient (Wildman–Crippen LogP) is 4.14. The van der Waals surface area contributed by atoms with Gasteiger partial charge >= 0.3 is 0 Å². The van der Waals surface area contributed by atoms with E-state index in [1.165, 1.54) is 31.2 Å². The molecule has 92 valence electrons. The zero-order valence-electron chi connectivity index (χ0n) is 10.1. The quantitative estimate of drug-likeness (QED) is 0.728. The summed E-state index contributed by atoms with van der Waals surface area (Å²) in [7, 11) is 0. The topological polar surface area (TPSA) is 17.1 Å². The summed E-state index contributed by atoms with van der Waals surface area (Å²) in [6.45, 7) is 3.05. The first kappa shape index (κ1) is 12.4. The number of ketones is 1. The second-order valence-electron chi connectivity index (χ2n) is 4.21. The molecule has 0 N–H and O–H groups in total. The van der Waals surface area contributed by atoms with Gasteiger partial charge in [-0.25, -0.2) is 8.78 Å². The molecule has 2 rings (SSSR count). The van der Waals surface area contributed by atoms with Gasteiger partial charge in [0, 0.05) is 11.1 Å².